The highest BCUT2D eigenvalue weighted by Gasteiger charge is 2.45. The Hall–Kier alpha value is -1.51. The lowest BCUT2D eigenvalue weighted by Gasteiger charge is -2.44. The van der Waals surface area contributed by atoms with Crippen LogP contribution in [0.3, 0.4) is 0 Å². The molecule has 1 aliphatic carbocycles. The Morgan fingerprint density at radius 1 is 1.38 bits per heavy atom. The van der Waals surface area contributed by atoms with Crippen molar-refractivity contribution in [3.63, 3.8) is 0 Å². The normalized spacial score (nSPS) is 20.9. The van der Waals surface area contributed by atoms with Gasteiger partial charge >= 0.3 is 5.97 Å². The molecule has 2 aliphatic rings. The van der Waals surface area contributed by atoms with Crippen LogP contribution in [0.1, 0.15) is 31.2 Å². The minimum atomic E-state index is -0.111. The van der Waals surface area contributed by atoms with Crippen LogP contribution in [0.25, 0.3) is 0 Å². The molecule has 0 atom stereocenters. The van der Waals surface area contributed by atoms with E-state index in [9.17, 15) is 4.79 Å². The molecule has 0 radical (unpaired) electrons. The van der Waals surface area contributed by atoms with Crippen LogP contribution in [0.15, 0.2) is 18.2 Å². The fraction of sp³-hybridized carbons (Fsp3) is 0.462. The van der Waals surface area contributed by atoms with Crippen LogP contribution < -0.4 is 9.47 Å². The summed E-state index contributed by atoms with van der Waals surface area (Å²) in [4.78, 5) is 11.6. The van der Waals surface area contributed by atoms with Crippen molar-refractivity contribution in [3.05, 3.63) is 23.8 Å². The van der Waals surface area contributed by atoms with E-state index >= 15 is 0 Å². The maximum atomic E-state index is 11.6. The van der Waals surface area contributed by atoms with Crippen LogP contribution in [0.4, 0.5) is 0 Å². The van der Waals surface area contributed by atoms with Crippen LogP contribution in [-0.4, -0.2) is 13.1 Å². The van der Waals surface area contributed by atoms with Gasteiger partial charge in [0.2, 0.25) is 0 Å². The molecule has 1 aromatic rings. The summed E-state index contributed by atoms with van der Waals surface area (Å²) in [5.74, 6) is 1.32. The van der Waals surface area contributed by atoms with E-state index in [1.165, 1.54) is 12.0 Å². The summed E-state index contributed by atoms with van der Waals surface area (Å²) < 4.78 is 10.4. The van der Waals surface area contributed by atoms with Gasteiger partial charge in [-0.2, -0.15) is 0 Å². The molecule has 84 valence electrons. The van der Waals surface area contributed by atoms with Crippen molar-refractivity contribution in [3.8, 4) is 11.5 Å². The summed E-state index contributed by atoms with van der Waals surface area (Å²) in [6, 6.07) is 5.80. The molecule has 0 aromatic heterocycles. The third-order valence-corrected chi connectivity index (χ3v) is 3.78. The molecular formula is C13H14O3. The number of methoxy groups -OCH3 is 1. The Morgan fingerprint density at radius 2 is 2.19 bits per heavy atom. The quantitative estimate of drug-likeness (QED) is 0.536. The summed E-state index contributed by atoms with van der Waals surface area (Å²) in [6.45, 7) is 0. The van der Waals surface area contributed by atoms with Crippen molar-refractivity contribution >= 4 is 5.97 Å². The fourth-order valence-corrected chi connectivity index (χ4v) is 2.73. The average molecular weight is 218 g/mol. The zero-order valence-electron chi connectivity index (χ0n) is 9.29. The first-order chi connectivity index (χ1) is 7.73. The summed E-state index contributed by atoms with van der Waals surface area (Å²) in [7, 11) is 1.62. The molecule has 1 spiro atoms. The molecule has 0 bridgehead atoms. The molecule has 1 heterocycles. The van der Waals surface area contributed by atoms with Crippen molar-refractivity contribution in [1.82, 2.24) is 0 Å². The second-order valence-electron chi connectivity index (χ2n) is 4.65. The monoisotopic (exact) mass is 218 g/mol. The molecular weight excluding hydrogens is 204 g/mol. The van der Waals surface area contributed by atoms with Gasteiger partial charge in [-0.1, -0.05) is 12.5 Å². The summed E-state index contributed by atoms with van der Waals surface area (Å²) in [6.07, 6.45) is 3.94. The maximum absolute atomic E-state index is 11.6. The second kappa shape index (κ2) is 3.24. The predicted molar refractivity (Wildman–Crippen MR) is 58.8 cm³/mol. The number of rotatable bonds is 1. The lowest BCUT2D eigenvalue weighted by molar-refractivity contribution is -0.138. The van der Waals surface area contributed by atoms with Gasteiger partial charge in [-0.05, 0) is 18.9 Å². The molecule has 0 saturated heterocycles. The first-order valence-electron chi connectivity index (χ1n) is 5.63. The predicted octanol–water partition coefficient (Wildman–Crippen LogP) is 2.43. The highest BCUT2D eigenvalue weighted by atomic mass is 16.5. The first-order valence-corrected chi connectivity index (χ1v) is 5.63. The van der Waals surface area contributed by atoms with Crippen LogP contribution in [0.2, 0.25) is 0 Å². The van der Waals surface area contributed by atoms with E-state index in [0.717, 1.165) is 18.6 Å². The van der Waals surface area contributed by atoms with E-state index in [-0.39, 0.29) is 11.4 Å². The van der Waals surface area contributed by atoms with Gasteiger partial charge < -0.3 is 9.47 Å². The third-order valence-electron chi connectivity index (χ3n) is 3.78. The van der Waals surface area contributed by atoms with E-state index in [1.54, 1.807) is 7.11 Å². The maximum Gasteiger partial charge on any atom is 0.312 e. The number of fused-ring (bicyclic) bond motifs is 2. The van der Waals surface area contributed by atoms with Gasteiger partial charge in [0.05, 0.1) is 13.5 Å². The van der Waals surface area contributed by atoms with E-state index < -0.39 is 0 Å². The number of carbonyl (C=O) groups is 1. The van der Waals surface area contributed by atoms with Crippen LogP contribution in [0.5, 0.6) is 11.5 Å². The molecule has 1 aliphatic heterocycles. The third kappa shape index (κ3) is 1.24. The van der Waals surface area contributed by atoms with Crippen LogP contribution in [-0.2, 0) is 10.2 Å². The molecule has 1 saturated carbocycles. The van der Waals surface area contributed by atoms with Gasteiger partial charge in [0.25, 0.3) is 0 Å². The van der Waals surface area contributed by atoms with Gasteiger partial charge in [-0.3, -0.25) is 4.79 Å². The lowest BCUT2D eigenvalue weighted by Crippen LogP contribution is -2.41. The number of hydrogen-bond donors (Lipinski definition) is 0. The second-order valence-corrected chi connectivity index (χ2v) is 4.65. The van der Waals surface area contributed by atoms with E-state index in [2.05, 4.69) is 0 Å². The standard InChI is InChI=1S/C13H14O3/c1-15-9-3-4-10-11(7-9)16-12(14)8-13(10)5-2-6-13/h3-4,7H,2,5-6,8H2,1H3. The van der Waals surface area contributed by atoms with E-state index in [0.29, 0.717) is 12.2 Å². The zero-order chi connectivity index (χ0) is 11.2. The Kier molecular flexibility index (Phi) is 1.96. The minimum Gasteiger partial charge on any atom is -0.497 e. The van der Waals surface area contributed by atoms with Crippen molar-refractivity contribution in [1.29, 1.82) is 0 Å². The number of carbonyl (C=O) groups excluding carboxylic acids is 1. The van der Waals surface area contributed by atoms with E-state index in [1.807, 2.05) is 18.2 Å². The SMILES string of the molecule is COc1ccc2c(c1)OC(=O)CC21CCC1. The Morgan fingerprint density at radius 3 is 2.81 bits per heavy atom. The fourth-order valence-electron chi connectivity index (χ4n) is 2.73. The zero-order valence-corrected chi connectivity index (χ0v) is 9.29. The number of hydrogen-bond acceptors (Lipinski definition) is 3. The Labute approximate surface area is 94.4 Å². The number of benzene rings is 1. The largest absolute Gasteiger partial charge is 0.497 e. The van der Waals surface area contributed by atoms with Crippen LogP contribution in [0, 0.1) is 0 Å². The van der Waals surface area contributed by atoms with Crippen molar-refractivity contribution < 1.29 is 14.3 Å². The average Bonchev–Trinajstić information content (AvgIpc) is 2.24. The molecule has 0 amide bonds. The Bertz CT molecular complexity index is 446. The summed E-state index contributed by atoms with van der Waals surface area (Å²) in [5.41, 5.74) is 1.25. The first kappa shape index (κ1) is 9.70. The molecule has 0 unspecified atom stereocenters. The van der Waals surface area contributed by atoms with Crippen molar-refractivity contribution in [2.24, 2.45) is 0 Å². The molecule has 3 nitrogen and oxygen atoms in total. The summed E-state index contributed by atoms with van der Waals surface area (Å²) >= 11 is 0. The van der Waals surface area contributed by atoms with Crippen molar-refractivity contribution in [2.45, 2.75) is 31.1 Å². The molecule has 16 heavy (non-hydrogen) atoms. The van der Waals surface area contributed by atoms with Crippen molar-refractivity contribution in [2.75, 3.05) is 7.11 Å². The van der Waals surface area contributed by atoms with Gasteiger partial charge in [0, 0.05) is 17.0 Å². The van der Waals surface area contributed by atoms with Gasteiger partial charge in [0.15, 0.2) is 0 Å². The van der Waals surface area contributed by atoms with Crippen LogP contribution >= 0.6 is 0 Å². The van der Waals surface area contributed by atoms with Gasteiger partial charge in [0.1, 0.15) is 11.5 Å². The minimum absolute atomic E-state index is 0.0664. The lowest BCUT2D eigenvalue weighted by atomic mass is 9.61. The summed E-state index contributed by atoms with van der Waals surface area (Å²) in [5, 5.41) is 0. The van der Waals surface area contributed by atoms with E-state index in [4.69, 9.17) is 9.47 Å². The van der Waals surface area contributed by atoms with Gasteiger partial charge in [-0.25, -0.2) is 0 Å². The Balaban J connectivity index is 2.09. The van der Waals surface area contributed by atoms with Gasteiger partial charge in [-0.15, -0.1) is 0 Å². The topological polar surface area (TPSA) is 35.5 Å². The molecule has 1 fully saturated rings. The molecule has 3 rings (SSSR count). The molecule has 1 aromatic carbocycles. The highest BCUT2D eigenvalue weighted by Crippen LogP contribution is 2.52. The molecule has 0 N–H and O–H groups in total. The smallest absolute Gasteiger partial charge is 0.312 e. The molecule has 3 heteroatoms. The number of ether oxygens (including phenoxy) is 2. The number of esters is 1. The highest BCUT2D eigenvalue weighted by molar-refractivity contribution is 5.78.